The van der Waals surface area contributed by atoms with E-state index < -0.39 is 0 Å². The number of benzene rings is 10. The van der Waals surface area contributed by atoms with E-state index in [9.17, 15) is 0 Å². The molecule has 62 heavy (non-hydrogen) atoms. The van der Waals surface area contributed by atoms with Crippen molar-refractivity contribution in [2.24, 2.45) is 0 Å². The summed E-state index contributed by atoms with van der Waals surface area (Å²) in [4.78, 5) is 2.34. The quantitative estimate of drug-likeness (QED) is 0.145. The molecule has 11 aromatic rings. The Balaban J connectivity index is 1.08. The first-order chi connectivity index (χ1) is 30.8. The average Bonchev–Trinajstić information content (AvgIpc) is 3.75. The lowest BCUT2D eigenvalue weighted by molar-refractivity contribution is 0.669. The predicted molar refractivity (Wildman–Crippen MR) is 261 cm³/mol. The molecule has 0 radical (unpaired) electrons. The Morgan fingerprint density at radius 2 is 0.726 bits per heavy atom. The number of para-hydroxylation sites is 2. The fraction of sp³-hybridized carbons (Fsp3) is 0. The van der Waals surface area contributed by atoms with Gasteiger partial charge >= 0.3 is 0 Å². The molecule has 2 heteroatoms. The molecule has 0 spiro atoms. The second-order valence-corrected chi connectivity index (χ2v) is 15.6. The van der Waals surface area contributed by atoms with Gasteiger partial charge in [0.25, 0.3) is 0 Å². The van der Waals surface area contributed by atoms with Gasteiger partial charge in [-0.1, -0.05) is 212 Å². The van der Waals surface area contributed by atoms with Crippen LogP contribution >= 0.6 is 0 Å². The van der Waals surface area contributed by atoms with Crippen molar-refractivity contribution in [3.63, 3.8) is 0 Å². The number of nitrogens with zero attached hydrogens (tertiary/aromatic N) is 1. The van der Waals surface area contributed by atoms with E-state index in [1.165, 1.54) is 50.1 Å². The summed E-state index contributed by atoms with van der Waals surface area (Å²) in [7, 11) is 0. The lowest BCUT2D eigenvalue weighted by atomic mass is 9.84. The summed E-state index contributed by atoms with van der Waals surface area (Å²) in [6, 6.07) is 89.0. The van der Waals surface area contributed by atoms with Gasteiger partial charge in [0.1, 0.15) is 5.58 Å². The van der Waals surface area contributed by atoms with E-state index >= 15 is 0 Å². The number of fused-ring (bicyclic) bond motifs is 3. The smallest absolute Gasteiger partial charge is 0.159 e. The van der Waals surface area contributed by atoms with Crippen molar-refractivity contribution >= 4 is 39.0 Å². The molecule has 2 nitrogen and oxygen atoms in total. The number of furan rings is 1. The molecular formula is C60H41NO. The fourth-order valence-corrected chi connectivity index (χ4v) is 8.95. The molecule has 0 saturated heterocycles. The van der Waals surface area contributed by atoms with Gasteiger partial charge in [-0.15, -0.1) is 0 Å². The lowest BCUT2D eigenvalue weighted by Gasteiger charge is -2.27. The van der Waals surface area contributed by atoms with E-state index in [0.29, 0.717) is 0 Å². The van der Waals surface area contributed by atoms with E-state index in [1.54, 1.807) is 0 Å². The first kappa shape index (κ1) is 36.8. The minimum Gasteiger partial charge on any atom is -0.454 e. The van der Waals surface area contributed by atoms with E-state index in [2.05, 4.69) is 248 Å². The van der Waals surface area contributed by atoms with Crippen LogP contribution in [0.3, 0.4) is 0 Å². The van der Waals surface area contributed by atoms with Crippen LogP contribution in [0.25, 0.3) is 88.7 Å². The van der Waals surface area contributed by atoms with Crippen molar-refractivity contribution in [3.05, 3.63) is 249 Å². The van der Waals surface area contributed by atoms with Crippen molar-refractivity contribution in [3.8, 4) is 66.8 Å². The largest absolute Gasteiger partial charge is 0.454 e. The highest BCUT2D eigenvalue weighted by Gasteiger charge is 2.22. The number of hydrogen-bond acceptors (Lipinski definition) is 2. The maximum atomic E-state index is 6.72. The number of anilines is 3. The molecule has 1 heterocycles. The molecule has 0 N–H and O–H groups in total. The van der Waals surface area contributed by atoms with Crippen molar-refractivity contribution in [2.45, 2.75) is 0 Å². The van der Waals surface area contributed by atoms with Crippen LogP contribution in [0.2, 0.25) is 0 Å². The zero-order chi connectivity index (χ0) is 41.2. The standard InChI is InChI=1S/C60H41NO/c1-4-17-42(18-5-1)43-33-35-44(36-34-43)45-37-39-49(40-38-45)61(57-31-16-30-56-54-26-12-13-32-58(54)62-60(56)57)50-24-14-23-48(41-50)53-29-15-28-52(47-21-8-3-9-22-47)59(53)55-27-11-10-25-51(55)46-19-6-2-7-20-46/h1-41H. The number of rotatable bonds is 9. The third kappa shape index (κ3) is 6.84. The maximum Gasteiger partial charge on any atom is 0.159 e. The Kier molecular flexibility index (Phi) is 9.57. The minimum atomic E-state index is 0.850. The summed E-state index contributed by atoms with van der Waals surface area (Å²) in [5, 5.41) is 2.19. The Hall–Kier alpha value is -8.20. The molecule has 0 saturated carbocycles. The molecule has 0 aliphatic rings. The van der Waals surface area contributed by atoms with Crippen molar-refractivity contribution in [2.75, 3.05) is 4.90 Å². The van der Waals surface area contributed by atoms with Crippen LogP contribution in [-0.4, -0.2) is 0 Å². The molecule has 0 fully saturated rings. The highest BCUT2D eigenvalue weighted by atomic mass is 16.3. The van der Waals surface area contributed by atoms with Gasteiger partial charge in [-0.2, -0.15) is 0 Å². The van der Waals surface area contributed by atoms with Gasteiger partial charge < -0.3 is 9.32 Å². The minimum absolute atomic E-state index is 0.850. The molecular weight excluding hydrogens is 751 g/mol. The topological polar surface area (TPSA) is 16.4 Å². The summed E-state index contributed by atoms with van der Waals surface area (Å²) in [6.07, 6.45) is 0. The van der Waals surface area contributed by atoms with Gasteiger partial charge in [0, 0.05) is 22.1 Å². The van der Waals surface area contributed by atoms with E-state index in [0.717, 1.165) is 55.7 Å². The van der Waals surface area contributed by atoms with E-state index in [4.69, 9.17) is 4.42 Å². The molecule has 10 aromatic carbocycles. The Bertz CT molecular complexity index is 3310. The van der Waals surface area contributed by atoms with Crippen LogP contribution in [-0.2, 0) is 0 Å². The van der Waals surface area contributed by atoms with Gasteiger partial charge in [-0.3, -0.25) is 0 Å². The molecule has 0 aliphatic heterocycles. The lowest BCUT2D eigenvalue weighted by Crippen LogP contribution is -2.10. The SMILES string of the molecule is c1ccc(-c2ccc(-c3ccc(N(c4cccc(-c5cccc(-c6ccccc6)c5-c5ccccc5-c5ccccc5)c4)c4cccc5c4oc4ccccc45)cc3)cc2)cc1. The van der Waals surface area contributed by atoms with Crippen LogP contribution < -0.4 is 4.90 Å². The van der Waals surface area contributed by atoms with Crippen LogP contribution in [0, 0.1) is 0 Å². The van der Waals surface area contributed by atoms with E-state index in [1.807, 2.05) is 6.07 Å². The summed E-state index contributed by atoms with van der Waals surface area (Å²) in [5.41, 5.74) is 18.9. The monoisotopic (exact) mass is 791 g/mol. The summed E-state index contributed by atoms with van der Waals surface area (Å²) in [6.45, 7) is 0. The van der Waals surface area contributed by atoms with Crippen LogP contribution in [0.5, 0.6) is 0 Å². The first-order valence-corrected chi connectivity index (χ1v) is 21.2. The molecule has 0 atom stereocenters. The highest BCUT2D eigenvalue weighted by molar-refractivity contribution is 6.10. The predicted octanol–water partition coefficient (Wildman–Crippen LogP) is 17.1. The van der Waals surface area contributed by atoms with Gasteiger partial charge in [-0.05, 0) is 103 Å². The van der Waals surface area contributed by atoms with Crippen LogP contribution in [0.1, 0.15) is 0 Å². The second kappa shape index (κ2) is 16.1. The van der Waals surface area contributed by atoms with Gasteiger partial charge in [-0.25, -0.2) is 0 Å². The molecule has 0 unspecified atom stereocenters. The van der Waals surface area contributed by atoms with Gasteiger partial charge in [0.15, 0.2) is 5.58 Å². The molecule has 0 bridgehead atoms. The number of hydrogen-bond donors (Lipinski definition) is 0. The van der Waals surface area contributed by atoms with Crippen LogP contribution in [0.15, 0.2) is 253 Å². The summed E-state index contributed by atoms with van der Waals surface area (Å²) >= 11 is 0. The third-order valence-corrected chi connectivity index (χ3v) is 11.9. The maximum absolute atomic E-state index is 6.72. The average molecular weight is 792 g/mol. The normalized spacial score (nSPS) is 11.2. The van der Waals surface area contributed by atoms with Crippen LogP contribution in [0.4, 0.5) is 17.1 Å². The first-order valence-electron chi connectivity index (χ1n) is 21.2. The van der Waals surface area contributed by atoms with Crippen molar-refractivity contribution in [1.82, 2.24) is 0 Å². The Morgan fingerprint density at radius 3 is 1.40 bits per heavy atom. The zero-order valence-electron chi connectivity index (χ0n) is 34.0. The molecule has 292 valence electrons. The summed E-state index contributed by atoms with van der Waals surface area (Å²) in [5.74, 6) is 0. The molecule has 0 amide bonds. The Labute approximate surface area is 362 Å². The third-order valence-electron chi connectivity index (χ3n) is 11.9. The van der Waals surface area contributed by atoms with Crippen molar-refractivity contribution in [1.29, 1.82) is 0 Å². The summed E-state index contributed by atoms with van der Waals surface area (Å²) < 4.78 is 6.72. The molecule has 11 rings (SSSR count). The van der Waals surface area contributed by atoms with Gasteiger partial charge in [0.2, 0.25) is 0 Å². The second-order valence-electron chi connectivity index (χ2n) is 15.6. The fourth-order valence-electron chi connectivity index (χ4n) is 8.95. The van der Waals surface area contributed by atoms with E-state index in [-0.39, 0.29) is 0 Å². The van der Waals surface area contributed by atoms with Gasteiger partial charge in [0.05, 0.1) is 5.69 Å². The van der Waals surface area contributed by atoms with Crippen molar-refractivity contribution < 1.29 is 4.42 Å². The highest BCUT2D eigenvalue weighted by Crippen LogP contribution is 2.47. The molecule has 1 aromatic heterocycles. The molecule has 0 aliphatic carbocycles. The Morgan fingerprint density at radius 1 is 0.274 bits per heavy atom. The zero-order valence-corrected chi connectivity index (χ0v) is 34.0.